The number of halogens is 1. The van der Waals surface area contributed by atoms with Crippen molar-refractivity contribution in [1.29, 1.82) is 0 Å². The second-order valence-electron chi connectivity index (χ2n) is 6.31. The Bertz CT molecular complexity index is 736. The zero-order valence-corrected chi connectivity index (χ0v) is 15.4. The number of nitrogens with zero attached hydrogens (tertiary/aromatic N) is 1. The summed E-state index contributed by atoms with van der Waals surface area (Å²) >= 11 is 5.85. The number of carbonyl (C=O) groups excluding carboxylic acids is 1. The van der Waals surface area contributed by atoms with Gasteiger partial charge in [0.05, 0.1) is 13.2 Å². The number of hydrogen-bond donors (Lipinski definition) is 1. The van der Waals surface area contributed by atoms with Crippen LogP contribution in [-0.2, 0) is 22.6 Å². The molecule has 0 radical (unpaired) electrons. The van der Waals surface area contributed by atoms with Crippen molar-refractivity contribution in [3.05, 3.63) is 76.3 Å². The monoisotopic (exact) mass is 370 g/mol. The maximum atomic E-state index is 11.9. The Labute approximate surface area is 159 Å². The molecule has 0 unspecified atom stereocenters. The van der Waals surface area contributed by atoms with Crippen LogP contribution in [0.1, 0.15) is 16.7 Å². The van der Waals surface area contributed by atoms with Crippen molar-refractivity contribution in [2.24, 2.45) is 0 Å². The molecule has 0 aliphatic carbocycles. The minimum atomic E-state index is -0.114. The number of benzene rings is 2. The fourth-order valence-corrected chi connectivity index (χ4v) is 2.90. The van der Waals surface area contributed by atoms with E-state index in [1.165, 1.54) is 11.6 Å². The van der Waals surface area contributed by atoms with Gasteiger partial charge in [-0.1, -0.05) is 48.0 Å². The van der Waals surface area contributed by atoms with Crippen molar-refractivity contribution < 1.29 is 9.53 Å². The van der Waals surface area contributed by atoms with Gasteiger partial charge in [0.15, 0.2) is 0 Å². The van der Waals surface area contributed by atoms with Gasteiger partial charge in [0.2, 0.25) is 5.91 Å². The Balaban J connectivity index is 1.45. The Morgan fingerprint density at radius 3 is 2.38 bits per heavy atom. The van der Waals surface area contributed by atoms with E-state index in [4.69, 9.17) is 16.3 Å². The van der Waals surface area contributed by atoms with Crippen LogP contribution in [0.3, 0.4) is 0 Å². The minimum absolute atomic E-state index is 0.114. The molecule has 136 valence electrons. The zero-order chi connectivity index (χ0) is 18.2. The molecule has 5 heteroatoms. The van der Waals surface area contributed by atoms with Crippen molar-refractivity contribution >= 4 is 23.6 Å². The van der Waals surface area contributed by atoms with Gasteiger partial charge < -0.3 is 10.1 Å². The third-order valence-electron chi connectivity index (χ3n) is 4.30. The van der Waals surface area contributed by atoms with Crippen LogP contribution < -0.4 is 5.32 Å². The van der Waals surface area contributed by atoms with Gasteiger partial charge >= 0.3 is 0 Å². The molecular formula is C21H23ClN2O2. The Morgan fingerprint density at radius 1 is 1.04 bits per heavy atom. The number of rotatable bonds is 6. The maximum Gasteiger partial charge on any atom is 0.244 e. The van der Waals surface area contributed by atoms with Crippen LogP contribution >= 0.6 is 11.6 Å². The first kappa shape index (κ1) is 18.6. The molecule has 1 fully saturated rings. The highest BCUT2D eigenvalue weighted by atomic mass is 35.5. The lowest BCUT2D eigenvalue weighted by atomic mass is 10.1. The molecule has 0 spiro atoms. The standard InChI is InChI=1S/C21H23ClN2O2/c22-20-8-5-17(6-9-20)7-10-21(25)23-15-18-1-3-19(4-2-18)16-24-11-13-26-14-12-24/h1-10H,11-16H2,(H,23,25)/b10-7+. The molecular weight excluding hydrogens is 348 g/mol. The van der Waals surface area contributed by atoms with Crippen LogP contribution in [0, 0.1) is 0 Å². The lowest BCUT2D eigenvalue weighted by Crippen LogP contribution is -2.35. The smallest absolute Gasteiger partial charge is 0.244 e. The predicted octanol–water partition coefficient (Wildman–Crippen LogP) is 3.50. The van der Waals surface area contributed by atoms with Crippen LogP contribution in [0.25, 0.3) is 6.08 Å². The number of nitrogens with one attached hydrogen (secondary N) is 1. The van der Waals surface area contributed by atoms with Gasteiger partial charge in [0, 0.05) is 37.3 Å². The van der Waals surface area contributed by atoms with Crippen molar-refractivity contribution in [1.82, 2.24) is 10.2 Å². The van der Waals surface area contributed by atoms with Gasteiger partial charge in [-0.25, -0.2) is 0 Å². The number of morpholine rings is 1. The number of amides is 1. The van der Waals surface area contributed by atoms with E-state index in [1.807, 2.05) is 12.1 Å². The van der Waals surface area contributed by atoms with Gasteiger partial charge in [-0.05, 0) is 34.9 Å². The predicted molar refractivity (Wildman–Crippen MR) is 105 cm³/mol. The quantitative estimate of drug-likeness (QED) is 0.791. The van der Waals surface area contributed by atoms with Crippen molar-refractivity contribution in [2.75, 3.05) is 26.3 Å². The summed E-state index contributed by atoms with van der Waals surface area (Å²) in [5, 5.41) is 3.59. The van der Waals surface area contributed by atoms with Crippen LogP contribution in [0.5, 0.6) is 0 Å². The van der Waals surface area contributed by atoms with Crippen LogP contribution in [0.4, 0.5) is 0 Å². The van der Waals surface area contributed by atoms with Crippen LogP contribution in [0.15, 0.2) is 54.6 Å². The first-order valence-electron chi connectivity index (χ1n) is 8.78. The summed E-state index contributed by atoms with van der Waals surface area (Å²) in [7, 11) is 0. The van der Waals surface area contributed by atoms with E-state index in [-0.39, 0.29) is 5.91 Å². The molecule has 26 heavy (non-hydrogen) atoms. The zero-order valence-electron chi connectivity index (χ0n) is 14.7. The van der Waals surface area contributed by atoms with E-state index in [1.54, 1.807) is 18.2 Å². The summed E-state index contributed by atoms with van der Waals surface area (Å²) in [4.78, 5) is 14.3. The molecule has 0 atom stereocenters. The van der Waals surface area contributed by atoms with E-state index >= 15 is 0 Å². The molecule has 1 amide bonds. The molecule has 1 aliphatic heterocycles. The first-order valence-corrected chi connectivity index (χ1v) is 9.16. The average Bonchev–Trinajstić information content (AvgIpc) is 2.68. The van der Waals surface area contributed by atoms with Gasteiger partial charge in [-0.15, -0.1) is 0 Å². The summed E-state index contributed by atoms with van der Waals surface area (Å²) in [6, 6.07) is 15.7. The summed E-state index contributed by atoms with van der Waals surface area (Å²) in [6.45, 7) is 5.05. The van der Waals surface area contributed by atoms with E-state index in [0.29, 0.717) is 11.6 Å². The third kappa shape index (κ3) is 5.99. The Morgan fingerprint density at radius 2 is 1.69 bits per heavy atom. The van der Waals surface area contributed by atoms with Gasteiger partial charge in [-0.2, -0.15) is 0 Å². The third-order valence-corrected chi connectivity index (χ3v) is 4.55. The normalized spacial score (nSPS) is 15.3. The average molecular weight is 371 g/mol. The van der Waals surface area contributed by atoms with Crippen LogP contribution in [0.2, 0.25) is 5.02 Å². The number of carbonyl (C=O) groups is 1. The van der Waals surface area contributed by atoms with Gasteiger partial charge in [0.25, 0.3) is 0 Å². The highest BCUT2D eigenvalue weighted by Gasteiger charge is 2.10. The van der Waals surface area contributed by atoms with Crippen molar-refractivity contribution in [2.45, 2.75) is 13.1 Å². The molecule has 4 nitrogen and oxygen atoms in total. The summed E-state index contributed by atoms with van der Waals surface area (Å²) in [6.07, 6.45) is 3.31. The van der Waals surface area contributed by atoms with E-state index in [2.05, 4.69) is 34.5 Å². The highest BCUT2D eigenvalue weighted by Crippen LogP contribution is 2.11. The van der Waals surface area contributed by atoms with Crippen molar-refractivity contribution in [3.63, 3.8) is 0 Å². The van der Waals surface area contributed by atoms with Gasteiger partial charge in [0.1, 0.15) is 0 Å². The summed E-state index contributed by atoms with van der Waals surface area (Å²) in [5.74, 6) is -0.114. The van der Waals surface area contributed by atoms with E-state index in [0.717, 1.165) is 44.0 Å². The fraction of sp³-hybridized carbons (Fsp3) is 0.286. The Kier molecular flexibility index (Phi) is 6.83. The van der Waals surface area contributed by atoms with Crippen molar-refractivity contribution in [3.8, 4) is 0 Å². The molecule has 2 aromatic rings. The first-order chi connectivity index (χ1) is 12.7. The second-order valence-corrected chi connectivity index (χ2v) is 6.74. The second kappa shape index (κ2) is 9.53. The molecule has 3 rings (SSSR count). The number of hydrogen-bond acceptors (Lipinski definition) is 3. The molecule has 1 aliphatic rings. The molecule has 1 saturated heterocycles. The molecule has 0 aromatic heterocycles. The molecule has 1 N–H and O–H groups in total. The lowest BCUT2D eigenvalue weighted by Gasteiger charge is -2.26. The lowest BCUT2D eigenvalue weighted by molar-refractivity contribution is -0.116. The maximum absolute atomic E-state index is 11.9. The SMILES string of the molecule is O=C(/C=C/c1ccc(Cl)cc1)NCc1ccc(CN2CCOCC2)cc1. The molecule has 1 heterocycles. The van der Waals surface area contributed by atoms with E-state index in [9.17, 15) is 4.79 Å². The van der Waals surface area contributed by atoms with E-state index < -0.39 is 0 Å². The fourth-order valence-electron chi connectivity index (χ4n) is 2.77. The molecule has 2 aromatic carbocycles. The number of ether oxygens (including phenoxy) is 1. The minimum Gasteiger partial charge on any atom is -0.379 e. The van der Waals surface area contributed by atoms with Crippen LogP contribution in [-0.4, -0.2) is 37.1 Å². The largest absolute Gasteiger partial charge is 0.379 e. The van der Waals surface area contributed by atoms with Gasteiger partial charge in [-0.3, -0.25) is 9.69 Å². The Hall–Kier alpha value is -2.14. The highest BCUT2D eigenvalue weighted by molar-refractivity contribution is 6.30. The molecule has 0 saturated carbocycles. The summed E-state index contributed by atoms with van der Waals surface area (Å²) < 4.78 is 5.37. The summed E-state index contributed by atoms with van der Waals surface area (Å²) in [5.41, 5.74) is 3.31. The topological polar surface area (TPSA) is 41.6 Å². The molecule has 0 bridgehead atoms.